The molecule has 0 radical (unpaired) electrons. The lowest BCUT2D eigenvalue weighted by Crippen LogP contribution is -2.32. The van der Waals surface area contributed by atoms with Crippen molar-refractivity contribution in [1.82, 2.24) is 0 Å². The van der Waals surface area contributed by atoms with Crippen LogP contribution in [0.3, 0.4) is 0 Å². The predicted molar refractivity (Wildman–Crippen MR) is 51.6 cm³/mol. The van der Waals surface area contributed by atoms with E-state index in [9.17, 15) is 4.79 Å². The van der Waals surface area contributed by atoms with Crippen LogP contribution in [0, 0.1) is 0 Å². The monoisotopic (exact) mass is 188 g/mol. The van der Waals surface area contributed by atoms with Gasteiger partial charge in [-0.2, -0.15) is 0 Å². The molecule has 3 heteroatoms. The van der Waals surface area contributed by atoms with Crippen LogP contribution in [0.5, 0.6) is 0 Å². The third-order valence-corrected chi connectivity index (χ3v) is 1.56. The van der Waals surface area contributed by atoms with Crippen LogP contribution in [0.15, 0.2) is 0 Å². The number of ether oxygens (including phenoxy) is 2. The maximum absolute atomic E-state index is 10.9. The Morgan fingerprint density at radius 3 is 2.38 bits per heavy atom. The maximum Gasteiger partial charge on any atom is 0.155 e. The molecule has 1 unspecified atom stereocenters. The number of rotatable bonds is 6. The van der Waals surface area contributed by atoms with Gasteiger partial charge in [-0.25, -0.2) is 0 Å². The predicted octanol–water partition coefficient (Wildman–Crippen LogP) is 2.14. The van der Waals surface area contributed by atoms with Crippen LogP contribution in [-0.4, -0.2) is 24.3 Å². The molecule has 0 fully saturated rings. The van der Waals surface area contributed by atoms with Crippen molar-refractivity contribution in [3.8, 4) is 0 Å². The van der Waals surface area contributed by atoms with Gasteiger partial charge >= 0.3 is 0 Å². The number of hydrogen-bond donors (Lipinski definition) is 0. The van der Waals surface area contributed by atoms with E-state index in [2.05, 4.69) is 0 Å². The zero-order valence-electron chi connectivity index (χ0n) is 9.22. The number of hydrogen-bond acceptors (Lipinski definition) is 3. The molecule has 0 amide bonds. The SMILES string of the molecule is CCOC(C)OC(C)(C)CC(C)=O. The van der Waals surface area contributed by atoms with Gasteiger partial charge < -0.3 is 9.47 Å². The van der Waals surface area contributed by atoms with Gasteiger partial charge in [0.05, 0.1) is 5.60 Å². The number of carbonyl (C=O) groups excluding carboxylic acids is 1. The first-order valence-electron chi connectivity index (χ1n) is 4.66. The quantitative estimate of drug-likeness (QED) is 0.599. The molecule has 0 saturated carbocycles. The molecule has 0 aliphatic rings. The Balaban J connectivity index is 3.92. The number of carbonyl (C=O) groups is 1. The molecule has 0 aromatic heterocycles. The van der Waals surface area contributed by atoms with Gasteiger partial charge in [-0.05, 0) is 34.6 Å². The molecular formula is C10H20O3. The lowest BCUT2D eigenvalue weighted by molar-refractivity contribution is -0.190. The molecule has 0 heterocycles. The molecule has 3 nitrogen and oxygen atoms in total. The minimum atomic E-state index is -0.430. The Bertz CT molecular complexity index is 164. The largest absolute Gasteiger partial charge is 0.353 e. The molecule has 13 heavy (non-hydrogen) atoms. The summed E-state index contributed by atoms with van der Waals surface area (Å²) in [6.45, 7) is 9.73. The lowest BCUT2D eigenvalue weighted by Gasteiger charge is -2.27. The molecule has 0 saturated heterocycles. The standard InChI is InChI=1S/C10H20O3/c1-6-12-9(3)13-10(4,5)7-8(2)11/h9H,6-7H2,1-5H3. The molecule has 0 aliphatic carbocycles. The summed E-state index contributed by atoms with van der Waals surface area (Å²) in [4.78, 5) is 10.9. The Labute approximate surface area is 80.4 Å². The molecule has 78 valence electrons. The lowest BCUT2D eigenvalue weighted by atomic mass is 10.0. The third-order valence-electron chi connectivity index (χ3n) is 1.56. The molecule has 0 spiro atoms. The summed E-state index contributed by atoms with van der Waals surface area (Å²) in [5.74, 6) is 0.133. The highest BCUT2D eigenvalue weighted by Gasteiger charge is 2.23. The molecule has 0 bridgehead atoms. The topological polar surface area (TPSA) is 35.5 Å². The molecule has 0 aromatic carbocycles. The van der Waals surface area contributed by atoms with Crippen LogP contribution >= 0.6 is 0 Å². The fraction of sp³-hybridized carbons (Fsp3) is 0.900. The third kappa shape index (κ3) is 6.72. The normalized spacial score (nSPS) is 14.2. The number of Topliss-reactive ketones (excluding diaryl/α,β-unsaturated/α-hetero) is 1. The zero-order chi connectivity index (χ0) is 10.5. The Morgan fingerprint density at radius 2 is 2.00 bits per heavy atom. The van der Waals surface area contributed by atoms with Crippen molar-refractivity contribution in [2.24, 2.45) is 0 Å². The average molecular weight is 188 g/mol. The van der Waals surface area contributed by atoms with Crippen molar-refractivity contribution in [2.45, 2.75) is 52.9 Å². The van der Waals surface area contributed by atoms with Crippen LogP contribution in [0.4, 0.5) is 0 Å². The highest BCUT2D eigenvalue weighted by Crippen LogP contribution is 2.17. The second-order valence-electron chi connectivity index (χ2n) is 3.78. The Kier molecular flexibility index (Phi) is 5.18. The van der Waals surface area contributed by atoms with E-state index in [1.165, 1.54) is 0 Å². The van der Waals surface area contributed by atoms with Gasteiger partial charge in [-0.1, -0.05) is 0 Å². The Morgan fingerprint density at radius 1 is 1.46 bits per heavy atom. The summed E-state index contributed by atoms with van der Waals surface area (Å²) >= 11 is 0. The second-order valence-corrected chi connectivity index (χ2v) is 3.78. The van der Waals surface area contributed by atoms with Crippen LogP contribution in [-0.2, 0) is 14.3 Å². The molecule has 1 atom stereocenters. The minimum Gasteiger partial charge on any atom is -0.353 e. The second kappa shape index (κ2) is 5.35. The summed E-state index contributed by atoms with van der Waals surface area (Å²) in [5, 5.41) is 0. The summed E-state index contributed by atoms with van der Waals surface area (Å²) in [6, 6.07) is 0. The molecule has 0 rings (SSSR count). The van der Waals surface area contributed by atoms with E-state index < -0.39 is 5.60 Å². The number of ketones is 1. The summed E-state index contributed by atoms with van der Waals surface area (Å²) in [6.07, 6.45) is 0.170. The smallest absolute Gasteiger partial charge is 0.155 e. The van der Waals surface area contributed by atoms with Crippen molar-refractivity contribution in [3.63, 3.8) is 0 Å². The summed E-state index contributed by atoms with van der Waals surface area (Å²) < 4.78 is 10.8. The fourth-order valence-corrected chi connectivity index (χ4v) is 1.36. The van der Waals surface area contributed by atoms with E-state index in [4.69, 9.17) is 9.47 Å². The highest BCUT2D eigenvalue weighted by atomic mass is 16.7. The molecule has 0 aromatic rings. The van der Waals surface area contributed by atoms with Crippen molar-refractivity contribution in [2.75, 3.05) is 6.61 Å². The van der Waals surface area contributed by atoms with Gasteiger partial charge in [0.1, 0.15) is 5.78 Å². The van der Waals surface area contributed by atoms with Gasteiger partial charge in [0.15, 0.2) is 6.29 Å². The van der Waals surface area contributed by atoms with Crippen LogP contribution < -0.4 is 0 Å². The van der Waals surface area contributed by atoms with Gasteiger partial charge in [-0.15, -0.1) is 0 Å². The molecular weight excluding hydrogens is 168 g/mol. The molecule has 0 N–H and O–H groups in total. The van der Waals surface area contributed by atoms with Gasteiger partial charge in [0.2, 0.25) is 0 Å². The Hall–Kier alpha value is -0.410. The fourth-order valence-electron chi connectivity index (χ4n) is 1.36. The zero-order valence-corrected chi connectivity index (χ0v) is 9.22. The van der Waals surface area contributed by atoms with E-state index in [-0.39, 0.29) is 12.1 Å². The van der Waals surface area contributed by atoms with Crippen molar-refractivity contribution >= 4 is 5.78 Å². The van der Waals surface area contributed by atoms with E-state index in [1.807, 2.05) is 27.7 Å². The van der Waals surface area contributed by atoms with E-state index >= 15 is 0 Å². The first kappa shape index (κ1) is 12.6. The van der Waals surface area contributed by atoms with Crippen molar-refractivity contribution in [3.05, 3.63) is 0 Å². The van der Waals surface area contributed by atoms with Crippen molar-refractivity contribution in [1.29, 1.82) is 0 Å². The van der Waals surface area contributed by atoms with Crippen molar-refractivity contribution < 1.29 is 14.3 Å². The minimum absolute atomic E-state index is 0.133. The summed E-state index contributed by atoms with van der Waals surface area (Å²) in [7, 11) is 0. The van der Waals surface area contributed by atoms with E-state index in [0.717, 1.165) is 0 Å². The van der Waals surface area contributed by atoms with Gasteiger partial charge in [0, 0.05) is 13.0 Å². The highest BCUT2D eigenvalue weighted by molar-refractivity contribution is 5.76. The van der Waals surface area contributed by atoms with Gasteiger partial charge in [0.25, 0.3) is 0 Å². The van der Waals surface area contributed by atoms with E-state index in [1.54, 1.807) is 6.92 Å². The first-order chi connectivity index (χ1) is 5.87. The maximum atomic E-state index is 10.9. The average Bonchev–Trinajstić information content (AvgIpc) is 1.81. The molecule has 0 aliphatic heterocycles. The first-order valence-corrected chi connectivity index (χ1v) is 4.66. The van der Waals surface area contributed by atoms with Crippen LogP contribution in [0.25, 0.3) is 0 Å². The van der Waals surface area contributed by atoms with Crippen LogP contribution in [0.2, 0.25) is 0 Å². The summed E-state index contributed by atoms with van der Waals surface area (Å²) in [5.41, 5.74) is -0.430. The van der Waals surface area contributed by atoms with Gasteiger partial charge in [-0.3, -0.25) is 4.79 Å². The van der Waals surface area contributed by atoms with E-state index in [0.29, 0.717) is 13.0 Å². The van der Waals surface area contributed by atoms with Crippen LogP contribution in [0.1, 0.15) is 41.0 Å².